The molecule has 0 saturated carbocycles. The molecule has 144 valence electrons. The SMILES string of the molecule is Cc1cccc(NC(=O)N2CCN(c3cc(-n4cccn4)ncn3)CC2)c1C. The van der Waals surface area contributed by atoms with Crippen LogP contribution in [-0.4, -0.2) is 56.9 Å². The van der Waals surface area contributed by atoms with E-state index in [1.165, 1.54) is 5.56 Å². The summed E-state index contributed by atoms with van der Waals surface area (Å²) in [6.45, 7) is 6.78. The minimum Gasteiger partial charge on any atom is -0.353 e. The van der Waals surface area contributed by atoms with Gasteiger partial charge >= 0.3 is 6.03 Å². The first kappa shape index (κ1) is 18.0. The van der Waals surface area contributed by atoms with Crippen molar-refractivity contribution in [3.8, 4) is 5.82 Å². The van der Waals surface area contributed by atoms with Gasteiger partial charge in [0.05, 0.1) is 0 Å². The second kappa shape index (κ2) is 7.67. The molecule has 0 aliphatic carbocycles. The summed E-state index contributed by atoms with van der Waals surface area (Å²) >= 11 is 0. The van der Waals surface area contributed by atoms with E-state index in [1.54, 1.807) is 17.2 Å². The first-order chi connectivity index (χ1) is 13.6. The van der Waals surface area contributed by atoms with Gasteiger partial charge in [0.15, 0.2) is 5.82 Å². The fourth-order valence-electron chi connectivity index (χ4n) is 3.26. The number of amides is 2. The van der Waals surface area contributed by atoms with E-state index >= 15 is 0 Å². The Morgan fingerprint density at radius 3 is 2.57 bits per heavy atom. The Bertz CT molecular complexity index is 962. The monoisotopic (exact) mass is 377 g/mol. The molecule has 8 heteroatoms. The summed E-state index contributed by atoms with van der Waals surface area (Å²) in [4.78, 5) is 25.3. The van der Waals surface area contributed by atoms with Crippen molar-refractivity contribution in [2.75, 3.05) is 36.4 Å². The first-order valence-corrected chi connectivity index (χ1v) is 9.31. The third kappa shape index (κ3) is 3.66. The van der Waals surface area contributed by atoms with E-state index in [0.29, 0.717) is 13.1 Å². The number of carbonyl (C=O) groups excluding carboxylic acids is 1. The maximum absolute atomic E-state index is 12.6. The van der Waals surface area contributed by atoms with Gasteiger partial charge in [-0.3, -0.25) is 0 Å². The van der Waals surface area contributed by atoms with Crippen LogP contribution in [0.3, 0.4) is 0 Å². The summed E-state index contributed by atoms with van der Waals surface area (Å²) < 4.78 is 1.71. The number of urea groups is 1. The number of nitrogens with one attached hydrogen (secondary N) is 1. The maximum atomic E-state index is 12.6. The Labute approximate surface area is 163 Å². The Balaban J connectivity index is 1.39. The molecule has 1 fully saturated rings. The molecular weight excluding hydrogens is 354 g/mol. The number of carbonyl (C=O) groups is 1. The number of hydrogen-bond acceptors (Lipinski definition) is 5. The smallest absolute Gasteiger partial charge is 0.321 e. The summed E-state index contributed by atoms with van der Waals surface area (Å²) in [5, 5.41) is 7.24. The molecule has 0 unspecified atom stereocenters. The molecular formula is C20H23N7O. The van der Waals surface area contributed by atoms with Crippen LogP contribution in [0, 0.1) is 13.8 Å². The predicted molar refractivity (Wildman–Crippen MR) is 108 cm³/mol. The van der Waals surface area contributed by atoms with Gasteiger partial charge in [0.1, 0.15) is 12.1 Å². The van der Waals surface area contributed by atoms with Crippen LogP contribution in [0.5, 0.6) is 0 Å². The van der Waals surface area contributed by atoms with Crippen molar-refractivity contribution >= 4 is 17.5 Å². The van der Waals surface area contributed by atoms with Crippen LogP contribution in [-0.2, 0) is 0 Å². The molecule has 1 aliphatic rings. The lowest BCUT2D eigenvalue weighted by atomic mass is 10.1. The van der Waals surface area contributed by atoms with Crippen molar-refractivity contribution < 1.29 is 4.79 Å². The lowest BCUT2D eigenvalue weighted by molar-refractivity contribution is 0.208. The number of rotatable bonds is 3. The van der Waals surface area contributed by atoms with E-state index in [1.807, 2.05) is 55.3 Å². The number of aromatic nitrogens is 4. The lowest BCUT2D eigenvalue weighted by Gasteiger charge is -2.35. The first-order valence-electron chi connectivity index (χ1n) is 9.31. The number of anilines is 2. The zero-order chi connectivity index (χ0) is 19.5. The minimum absolute atomic E-state index is 0.0618. The average molecular weight is 377 g/mol. The van der Waals surface area contributed by atoms with Gasteiger partial charge < -0.3 is 15.1 Å². The molecule has 3 aromatic rings. The molecule has 0 atom stereocenters. The minimum atomic E-state index is -0.0618. The summed E-state index contributed by atoms with van der Waals surface area (Å²) in [5.74, 6) is 1.57. The van der Waals surface area contributed by atoms with Crippen LogP contribution >= 0.6 is 0 Å². The van der Waals surface area contributed by atoms with Gasteiger partial charge in [-0.2, -0.15) is 5.10 Å². The lowest BCUT2D eigenvalue weighted by Crippen LogP contribution is -2.50. The van der Waals surface area contributed by atoms with Crippen molar-refractivity contribution in [3.05, 3.63) is 60.2 Å². The van der Waals surface area contributed by atoms with Gasteiger partial charge in [0, 0.05) is 50.3 Å². The van der Waals surface area contributed by atoms with Gasteiger partial charge in [-0.15, -0.1) is 0 Å². The Kier molecular flexibility index (Phi) is 4.92. The van der Waals surface area contributed by atoms with E-state index < -0.39 is 0 Å². The van der Waals surface area contributed by atoms with Crippen molar-refractivity contribution in [2.24, 2.45) is 0 Å². The number of aryl methyl sites for hydroxylation is 1. The second-order valence-corrected chi connectivity index (χ2v) is 6.84. The van der Waals surface area contributed by atoms with E-state index in [4.69, 9.17) is 0 Å². The van der Waals surface area contributed by atoms with Gasteiger partial charge in [-0.1, -0.05) is 12.1 Å². The van der Waals surface area contributed by atoms with Gasteiger partial charge in [0.25, 0.3) is 0 Å². The Morgan fingerprint density at radius 1 is 1.04 bits per heavy atom. The highest BCUT2D eigenvalue weighted by Crippen LogP contribution is 2.20. The van der Waals surface area contributed by atoms with Crippen LogP contribution in [0.25, 0.3) is 5.82 Å². The standard InChI is InChI=1S/C20H23N7O/c1-15-5-3-6-17(16(15)2)24-20(28)26-11-9-25(10-12-26)18-13-19(22-14-21-18)27-8-4-7-23-27/h3-8,13-14H,9-12H2,1-2H3,(H,24,28). The zero-order valence-electron chi connectivity index (χ0n) is 16.0. The largest absolute Gasteiger partial charge is 0.353 e. The highest BCUT2D eigenvalue weighted by molar-refractivity contribution is 5.90. The third-order valence-electron chi connectivity index (χ3n) is 5.11. The highest BCUT2D eigenvalue weighted by atomic mass is 16.2. The molecule has 3 heterocycles. The van der Waals surface area contributed by atoms with Crippen molar-refractivity contribution in [1.29, 1.82) is 0 Å². The van der Waals surface area contributed by atoms with Crippen molar-refractivity contribution in [3.63, 3.8) is 0 Å². The van der Waals surface area contributed by atoms with Crippen LogP contribution in [0.1, 0.15) is 11.1 Å². The third-order valence-corrected chi connectivity index (χ3v) is 5.11. The predicted octanol–water partition coefficient (Wildman–Crippen LogP) is 2.63. The molecule has 2 amide bonds. The molecule has 1 N–H and O–H groups in total. The van der Waals surface area contributed by atoms with Crippen molar-refractivity contribution in [2.45, 2.75) is 13.8 Å². The summed E-state index contributed by atoms with van der Waals surface area (Å²) in [7, 11) is 0. The Hall–Kier alpha value is -3.42. The highest BCUT2D eigenvalue weighted by Gasteiger charge is 2.22. The van der Waals surface area contributed by atoms with Gasteiger partial charge in [-0.05, 0) is 37.1 Å². The molecule has 0 bridgehead atoms. The maximum Gasteiger partial charge on any atom is 0.321 e. The van der Waals surface area contributed by atoms with Gasteiger partial charge in [0.2, 0.25) is 0 Å². The Morgan fingerprint density at radius 2 is 1.82 bits per heavy atom. The molecule has 1 saturated heterocycles. The summed E-state index contributed by atoms with van der Waals surface area (Å²) in [5.41, 5.74) is 3.13. The number of hydrogen-bond donors (Lipinski definition) is 1. The molecule has 8 nitrogen and oxygen atoms in total. The summed E-state index contributed by atoms with van der Waals surface area (Å²) in [6.07, 6.45) is 5.11. The van der Waals surface area contributed by atoms with Crippen LogP contribution in [0.15, 0.2) is 49.1 Å². The van der Waals surface area contributed by atoms with E-state index in [0.717, 1.165) is 36.0 Å². The number of benzene rings is 1. The van der Waals surface area contributed by atoms with E-state index in [2.05, 4.69) is 25.3 Å². The van der Waals surface area contributed by atoms with Gasteiger partial charge in [-0.25, -0.2) is 19.4 Å². The van der Waals surface area contributed by atoms with E-state index in [9.17, 15) is 4.79 Å². The van der Waals surface area contributed by atoms with Crippen LogP contribution in [0.4, 0.5) is 16.3 Å². The quantitative estimate of drug-likeness (QED) is 0.759. The topological polar surface area (TPSA) is 79.2 Å². The van der Waals surface area contributed by atoms with Crippen LogP contribution < -0.4 is 10.2 Å². The molecule has 0 radical (unpaired) electrons. The molecule has 0 spiro atoms. The molecule has 1 aromatic carbocycles. The fraction of sp³-hybridized carbons (Fsp3) is 0.300. The zero-order valence-corrected chi connectivity index (χ0v) is 16.0. The number of nitrogens with zero attached hydrogens (tertiary/aromatic N) is 6. The van der Waals surface area contributed by atoms with Crippen LogP contribution in [0.2, 0.25) is 0 Å². The molecule has 4 rings (SSSR count). The average Bonchev–Trinajstić information content (AvgIpc) is 3.27. The molecule has 28 heavy (non-hydrogen) atoms. The van der Waals surface area contributed by atoms with E-state index in [-0.39, 0.29) is 6.03 Å². The summed E-state index contributed by atoms with van der Waals surface area (Å²) in [6, 6.07) is 9.65. The molecule has 1 aliphatic heterocycles. The second-order valence-electron chi connectivity index (χ2n) is 6.84. The number of piperazine rings is 1. The van der Waals surface area contributed by atoms with Crippen molar-refractivity contribution in [1.82, 2.24) is 24.6 Å². The molecule has 2 aromatic heterocycles. The fourth-order valence-corrected chi connectivity index (χ4v) is 3.26. The normalized spacial score (nSPS) is 14.2.